The molecule has 4 heterocycles. The van der Waals surface area contributed by atoms with E-state index in [4.69, 9.17) is 4.74 Å². The van der Waals surface area contributed by atoms with Crippen molar-refractivity contribution < 1.29 is 14.3 Å². The fraction of sp³-hybridized carbons (Fsp3) is 0.500. The molecule has 0 radical (unpaired) electrons. The Balaban J connectivity index is 1.51. The second-order valence-corrected chi connectivity index (χ2v) is 8.71. The number of pyridine rings is 1. The summed E-state index contributed by atoms with van der Waals surface area (Å²) >= 11 is 1.70. The van der Waals surface area contributed by atoms with Crippen LogP contribution in [0.5, 0.6) is 0 Å². The number of carbonyl (C=O) groups excluding carboxylic acids is 2. The minimum absolute atomic E-state index is 0.0780. The van der Waals surface area contributed by atoms with Crippen LogP contribution in [0.3, 0.4) is 0 Å². The highest BCUT2D eigenvalue weighted by molar-refractivity contribution is 7.07. The lowest BCUT2D eigenvalue weighted by atomic mass is 9.85. The molecular formula is C22H28N4O3S. The van der Waals surface area contributed by atoms with Gasteiger partial charge in [-0.2, -0.15) is 11.3 Å². The summed E-state index contributed by atoms with van der Waals surface area (Å²) in [5.41, 5.74) is 1.28. The Morgan fingerprint density at radius 3 is 2.67 bits per heavy atom. The number of piperidine rings is 1. The number of likely N-dealkylation sites (tertiary alicyclic amines) is 1. The molecule has 0 N–H and O–H groups in total. The van der Waals surface area contributed by atoms with E-state index in [2.05, 4.69) is 26.7 Å². The van der Waals surface area contributed by atoms with Crippen molar-refractivity contribution >= 4 is 23.3 Å². The van der Waals surface area contributed by atoms with Gasteiger partial charge in [0.1, 0.15) is 5.54 Å². The molecule has 0 unspecified atom stereocenters. The topological polar surface area (TPSA) is 66.0 Å². The van der Waals surface area contributed by atoms with E-state index >= 15 is 0 Å². The van der Waals surface area contributed by atoms with Crippen molar-refractivity contribution in [2.45, 2.75) is 37.9 Å². The van der Waals surface area contributed by atoms with Crippen molar-refractivity contribution in [3.8, 4) is 0 Å². The zero-order valence-electron chi connectivity index (χ0n) is 17.3. The second kappa shape index (κ2) is 9.24. The van der Waals surface area contributed by atoms with Gasteiger partial charge >= 0.3 is 6.03 Å². The molecule has 2 aromatic rings. The Bertz CT molecular complexity index is 851. The number of carbonyl (C=O) groups is 2. The number of hydrogen-bond donors (Lipinski definition) is 0. The van der Waals surface area contributed by atoms with Crippen molar-refractivity contribution in [2.75, 3.05) is 33.4 Å². The van der Waals surface area contributed by atoms with Crippen LogP contribution in [0.25, 0.3) is 0 Å². The molecule has 0 saturated carbocycles. The average Bonchev–Trinajstić information content (AvgIpc) is 3.34. The summed E-state index contributed by atoms with van der Waals surface area (Å²) < 4.78 is 5.18. The lowest BCUT2D eigenvalue weighted by Gasteiger charge is -2.42. The van der Waals surface area contributed by atoms with Gasteiger partial charge in [-0.3, -0.25) is 19.6 Å². The van der Waals surface area contributed by atoms with Crippen LogP contribution < -0.4 is 0 Å². The fourth-order valence-electron chi connectivity index (χ4n) is 4.46. The van der Waals surface area contributed by atoms with Crippen molar-refractivity contribution in [1.29, 1.82) is 0 Å². The van der Waals surface area contributed by atoms with E-state index in [-0.39, 0.29) is 18.5 Å². The predicted molar refractivity (Wildman–Crippen MR) is 115 cm³/mol. The molecule has 160 valence electrons. The molecule has 0 aliphatic carbocycles. The monoisotopic (exact) mass is 428 g/mol. The highest BCUT2D eigenvalue weighted by atomic mass is 32.1. The SMILES string of the molecule is COCCCN1C(=O)N(Cc2ccccn2)C(=O)C12CCN(Cc1ccsc1)CC2. The third-order valence-corrected chi connectivity index (χ3v) is 6.80. The van der Waals surface area contributed by atoms with E-state index in [9.17, 15) is 9.59 Å². The molecule has 0 aromatic carbocycles. The number of amides is 3. The number of thiophene rings is 1. The Labute approximate surface area is 181 Å². The van der Waals surface area contributed by atoms with Gasteiger partial charge in [-0.05, 0) is 53.8 Å². The lowest BCUT2D eigenvalue weighted by molar-refractivity contribution is -0.136. The number of aromatic nitrogens is 1. The summed E-state index contributed by atoms with van der Waals surface area (Å²) in [5.74, 6) is -0.0780. The van der Waals surface area contributed by atoms with Gasteiger partial charge in [0.2, 0.25) is 0 Å². The molecule has 7 nitrogen and oxygen atoms in total. The Hall–Kier alpha value is -2.29. The summed E-state index contributed by atoms with van der Waals surface area (Å²) in [5, 5.41) is 4.26. The highest BCUT2D eigenvalue weighted by Crippen LogP contribution is 2.38. The van der Waals surface area contributed by atoms with Gasteiger partial charge in [-0.1, -0.05) is 6.07 Å². The molecule has 2 aromatic heterocycles. The molecule has 2 aliphatic heterocycles. The minimum atomic E-state index is -0.745. The summed E-state index contributed by atoms with van der Waals surface area (Å²) in [7, 11) is 1.66. The van der Waals surface area contributed by atoms with Gasteiger partial charge in [0, 0.05) is 46.1 Å². The molecule has 2 saturated heterocycles. The number of methoxy groups -OCH3 is 1. The van der Waals surface area contributed by atoms with E-state index in [0.29, 0.717) is 32.4 Å². The van der Waals surface area contributed by atoms with E-state index < -0.39 is 5.54 Å². The largest absolute Gasteiger partial charge is 0.385 e. The first-order chi connectivity index (χ1) is 14.6. The van der Waals surface area contributed by atoms with Crippen LogP contribution in [0.15, 0.2) is 41.2 Å². The highest BCUT2D eigenvalue weighted by Gasteiger charge is 2.57. The zero-order valence-corrected chi connectivity index (χ0v) is 18.1. The molecule has 8 heteroatoms. The Morgan fingerprint density at radius 2 is 2.00 bits per heavy atom. The maximum absolute atomic E-state index is 13.6. The van der Waals surface area contributed by atoms with Gasteiger partial charge in [0.15, 0.2) is 0 Å². The van der Waals surface area contributed by atoms with Crippen LogP contribution >= 0.6 is 11.3 Å². The first-order valence-electron chi connectivity index (χ1n) is 10.4. The Kier molecular flexibility index (Phi) is 6.46. The number of rotatable bonds is 8. The summed E-state index contributed by atoms with van der Waals surface area (Å²) in [6.45, 7) is 3.81. The first-order valence-corrected chi connectivity index (χ1v) is 11.3. The number of ether oxygens (including phenoxy) is 1. The van der Waals surface area contributed by atoms with Gasteiger partial charge in [-0.15, -0.1) is 0 Å². The van der Waals surface area contributed by atoms with Crippen molar-refractivity contribution in [3.05, 3.63) is 52.5 Å². The average molecular weight is 429 g/mol. The summed E-state index contributed by atoms with van der Waals surface area (Å²) in [6.07, 6.45) is 3.73. The summed E-state index contributed by atoms with van der Waals surface area (Å²) in [6, 6.07) is 7.50. The predicted octanol–water partition coefficient (Wildman–Crippen LogP) is 2.98. The maximum atomic E-state index is 13.6. The van der Waals surface area contributed by atoms with Crippen molar-refractivity contribution in [2.24, 2.45) is 0 Å². The lowest BCUT2D eigenvalue weighted by Crippen LogP contribution is -2.56. The van der Waals surface area contributed by atoms with Crippen molar-refractivity contribution in [1.82, 2.24) is 19.7 Å². The van der Waals surface area contributed by atoms with Crippen LogP contribution in [-0.4, -0.2) is 70.5 Å². The normalized spacial score (nSPS) is 19.2. The molecule has 2 aliphatic rings. The van der Waals surface area contributed by atoms with Crippen LogP contribution in [0.1, 0.15) is 30.5 Å². The first kappa shape index (κ1) is 21.0. The second-order valence-electron chi connectivity index (χ2n) is 7.93. The molecule has 4 rings (SSSR count). The Morgan fingerprint density at radius 1 is 1.17 bits per heavy atom. The van der Waals surface area contributed by atoms with Crippen LogP contribution in [0, 0.1) is 0 Å². The minimum Gasteiger partial charge on any atom is -0.385 e. The molecule has 0 bridgehead atoms. The molecule has 0 atom stereocenters. The van der Waals surface area contributed by atoms with Gasteiger partial charge in [-0.25, -0.2) is 4.79 Å². The molecule has 3 amide bonds. The third kappa shape index (κ3) is 4.12. The molecular weight excluding hydrogens is 400 g/mol. The number of imide groups is 1. The van der Waals surface area contributed by atoms with Gasteiger partial charge in [0.25, 0.3) is 5.91 Å². The van der Waals surface area contributed by atoms with E-state index in [0.717, 1.165) is 25.3 Å². The van der Waals surface area contributed by atoms with Crippen molar-refractivity contribution in [3.63, 3.8) is 0 Å². The van der Waals surface area contributed by atoms with Crippen LogP contribution in [0.2, 0.25) is 0 Å². The molecule has 30 heavy (non-hydrogen) atoms. The zero-order chi connectivity index (χ0) is 21.0. The van der Waals surface area contributed by atoms with Crippen LogP contribution in [-0.2, 0) is 22.6 Å². The third-order valence-electron chi connectivity index (χ3n) is 6.07. The number of nitrogens with zero attached hydrogens (tertiary/aromatic N) is 4. The number of urea groups is 1. The standard InChI is InChI=1S/C22H28N4O3S/c1-29-13-4-10-26-21(28)25(16-19-5-2-3-9-23-19)20(27)22(26)7-11-24(12-8-22)15-18-6-14-30-17-18/h2-3,5-6,9,14,17H,4,7-8,10-13,15-16H2,1H3. The van der Waals surface area contributed by atoms with E-state index in [1.165, 1.54) is 10.5 Å². The molecule has 1 spiro atoms. The molecule has 2 fully saturated rings. The maximum Gasteiger partial charge on any atom is 0.328 e. The van der Waals surface area contributed by atoms with E-state index in [1.807, 2.05) is 18.2 Å². The van der Waals surface area contributed by atoms with Gasteiger partial charge in [0.05, 0.1) is 12.2 Å². The number of hydrogen-bond acceptors (Lipinski definition) is 6. The summed E-state index contributed by atoms with van der Waals surface area (Å²) in [4.78, 5) is 36.7. The van der Waals surface area contributed by atoms with Gasteiger partial charge < -0.3 is 9.64 Å². The quantitative estimate of drug-likeness (QED) is 0.478. The van der Waals surface area contributed by atoms with E-state index in [1.54, 1.807) is 29.5 Å². The fourth-order valence-corrected chi connectivity index (χ4v) is 5.12. The smallest absolute Gasteiger partial charge is 0.328 e. The van der Waals surface area contributed by atoms with Crippen LogP contribution in [0.4, 0.5) is 4.79 Å².